The van der Waals surface area contributed by atoms with Gasteiger partial charge in [-0.3, -0.25) is 9.59 Å². The van der Waals surface area contributed by atoms with Crippen molar-refractivity contribution in [2.75, 3.05) is 25.0 Å². The maximum absolute atomic E-state index is 12.5. The van der Waals surface area contributed by atoms with E-state index in [0.29, 0.717) is 18.8 Å². The van der Waals surface area contributed by atoms with Gasteiger partial charge in [0, 0.05) is 45.3 Å². The second-order valence-corrected chi connectivity index (χ2v) is 5.69. The normalized spacial score (nSPS) is 18.8. The van der Waals surface area contributed by atoms with Crippen molar-refractivity contribution in [3.05, 3.63) is 11.9 Å². The molecule has 2 N–H and O–H groups in total. The Morgan fingerprint density at radius 2 is 2.10 bits per heavy atom. The van der Waals surface area contributed by atoms with Crippen LogP contribution in [0.1, 0.15) is 36.7 Å². The first-order valence-electron chi connectivity index (χ1n) is 7.51. The number of nitrogens with zero attached hydrogens (tertiary/aromatic N) is 3. The summed E-state index contributed by atoms with van der Waals surface area (Å²) in [6, 6.07) is 0.184. The molecule has 2 amide bonds. The Balaban J connectivity index is 1.61. The van der Waals surface area contributed by atoms with Crippen molar-refractivity contribution in [1.82, 2.24) is 19.8 Å². The smallest absolute Gasteiger partial charge is 0.274 e. The number of likely N-dealkylation sites (tertiary alicyclic amines) is 1. The van der Waals surface area contributed by atoms with Gasteiger partial charge in [-0.05, 0) is 19.3 Å². The minimum absolute atomic E-state index is 0.00683. The third-order valence-electron chi connectivity index (χ3n) is 4.04. The van der Waals surface area contributed by atoms with Crippen LogP contribution in [0.25, 0.3) is 0 Å². The Bertz CT molecular complexity index is 522. The predicted octanol–water partition coefficient (Wildman–Crippen LogP) is 0.439. The van der Waals surface area contributed by atoms with Crippen molar-refractivity contribution >= 4 is 17.8 Å². The number of nitrogens with one attached hydrogen (secondary N) is 2. The van der Waals surface area contributed by atoms with Gasteiger partial charge in [-0.25, -0.2) is 4.98 Å². The van der Waals surface area contributed by atoms with Gasteiger partial charge in [0.05, 0.1) is 0 Å². The molecule has 3 rings (SSSR count). The molecule has 0 atom stereocenters. The number of hydrogen-bond acceptors (Lipinski definition) is 4. The van der Waals surface area contributed by atoms with Gasteiger partial charge in [0.1, 0.15) is 5.69 Å². The molecule has 0 radical (unpaired) electrons. The lowest BCUT2D eigenvalue weighted by atomic mass is 10.0. The zero-order chi connectivity index (χ0) is 14.8. The molecule has 0 aliphatic carbocycles. The standard InChI is InChI=1S/C14H21N5O2/c1-10(20)16-11-3-7-18(8-4-11)13(21)12-9-19-6-2-5-15-14(19)17-12/h9,11H,2-8H2,1H3,(H,15,17)(H,16,20). The van der Waals surface area contributed by atoms with E-state index in [1.54, 1.807) is 0 Å². The summed E-state index contributed by atoms with van der Waals surface area (Å²) in [7, 11) is 0. The maximum atomic E-state index is 12.5. The molecular formula is C14H21N5O2. The van der Waals surface area contributed by atoms with Crippen LogP contribution in [0.4, 0.5) is 5.95 Å². The summed E-state index contributed by atoms with van der Waals surface area (Å²) in [6.07, 6.45) is 4.50. The number of rotatable bonds is 2. The fourth-order valence-corrected chi connectivity index (χ4v) is 2.96. The quantitative estimate of drug-likeness (QED) is 0.828. The Kier molecular flexibility index (Phi) is 3.81. The minimum Gasteiger partial charge on any atom is -0.356 e. The van der Waals surface area contributed by atoms with E-state index >= 15 is 0 Å². The summed E-state index contributed by atoms with van der Waals surface area (Å²) in [5, 5.41) is 6.12. The van der Waals surface area contributed by atoms with E-state index in [1.165, 1.54) is 6.92 Å². The molecule has 7 nitrogen and oxygen atoms in total. The number of anilines is 1. The lowest BCUT2D eigenvalue weighted by Crippen LogP contribution is -2.46. The molecule has 114 valence electrons. The van der Waals surface area contributed by atoms with E-state index < -0.39 is 0 Å². The van der Waals surface area contributed by atoms with Gasteiger partial charge in [-0.1, -0.05) is 0 Å². The molecule has 0 saturated carbocycles. The molecule has 0 spiro atoms. The lowest BCUT2D eigenvalue weighted by Gasteiger charge is -2.31. The molecule has 7 heteroatoms. The van der Waals surface area contributed by atoms with Gasteiger partial charge in [0.2, 0.25) is 11.9 Å². The molecule has 0 aromatic carbocycles. The molecular weight excluding hydrogens is 270 g/mol. The van der Waals surface area contributed by atoms with Gasteiger partial charge in [-0.15, -0.1) is 0 Å². The van der Waals surface area contributed by atoms with E-state index in [9.17, 15) is 9.59 Å². The number of carbonyl (C=O) groups is 2. The van der Waals surface area contributed by atoms with Gasteiger partial charge in [-0.2, -0.15) is 0 Å². The SMILES string of the molecule is CC(=O)NC1CCN(C(=O)c2cn3c(n2)NCCC3)CC1. The number of hydrogen-bond donors (Lipinski definition) is 2. The summed E-state index contributed by atoms with van der Waals surface area (Å²) in [5.74, 6) is 0.769. The zero-order valence-corrected chi connectivity index (χ0v) is 12.3. The molecule has 1 aromatic rings. The topological polar surface area (TPSA) is 79.3 Å². The van der Waals surface area contributed by atoms with Crippen LogP contribution in [0.2, 0.25) is 0 Å². The number of piperidine rings is 1. The summed E-state index contributed by atoms with van der Waals surface area (Å²) >= 11 is 0. The fraction of sp³-hybridized carbons (Fsp3) is 0.643. The van der Waals surface area contributed by atoms with E-state index in [-0.39, 0.29) is 17.9 Å². The van der Waals surface area contributed by atoms with Gasteiger partial charge in [0.15, 0.2) is 0 Å². The second kappa shape index (κ2) is 5.75. The Labute approximate surface area is 123 Å². The molecule has 3 heterocycles. The van der Waals surface area contributed by atoms with Crippen LogP contribution in [-0.2, 0) is 11.3 Å². The molecule has 21 heavy (non-hydrogen) atoms. The number of carbonyl (C=O) groups excluding carboxylic acids is 2. The number of aromatic nitrogens is 2. The maximum Gasteiger partial charge on any atom is 0.274 e. The van der Waals surface area contributed by atoms with Crippen LogP contribution in [0.15, 0.2) is 6.20 Å². The van der Waals surface area contributed by atoms with Crippen LogP contribution in [-0.4, -0.2) is 51.9 Å². The summed E-state index contributed by atoms with van der Waals surface area (Å²) in [6.45, 7) is 4.68. The Morgan fingerprint density at radius 3 is 2.76 bits per heavy atom. The summed E-state index contributed by atoms with van der Waals surface area (Å²) in [4.78, 5) is 29.7. The first kappa shape index (κ1) is 13.9. The number of fused-ring (bicyclic) bond motifs is 1. The van der Waals surface area contributed by atoms with Crippen molar-refractivity contribution in [3.63, 3.8) is 0 Å². The largest absolute Gasteiger partial charge is 0.356 e. The second-order valence-electron chi connectivity index (χ2n) is 5.69. The zero-order valence-electron chi connectivity index (χ0n) is 12.3. The highest BCUT2D eigenvalue weighted by molar-refractivity contribution is 5.92. The molecule has 1 fully saturated rings. The predicted molar refractivity (Wildman–Crippen MR) is 78.1 cm³/mol. The van der Waals surface area contributed by atoms with Gasteiger partial charge in [0.25, 0.3) is 5.91 Å². The van der Waals surface area contributed by atoms with E-state index in [0.717, 1.165) is 38.3 Å². The Morgan fingerprint density at radius 1 is 1.33 bits per heavy atom. The molecule has 0 bridgehead atoms. The average molecular weight is 291 g/mol. The van der Waals surface area contributed by atoms with Crippen LogP contribution in [0.5, 0.6) is 0 Å². The molecule has 1 saturated heterocycles. The summed E-state index contributed by atoms with van der Waals surface area (Å²) < 4.78 is 2.00. The third-order valence-corrected chi connectivity index (χ3v) is 4.04. The molecule has 0 unspecified atom stereocenters. The molecule has 2 aliphatic rings. The monoisotopic (exact) mass is 291 g/mol. The first-order valence-corrected chi connectivity index (χ1v) is 7.51. The van der Waals surface area contributed by atoms with Crippen LogP contribution in [0, 0.1) is 0 Å². The minimum atomic E-state index is -0.0139. The average Bonchev–Trinajstić information content (AvgIpc) is 2.90. The highest BCUT2D eigenvalue weighted by atomic mass is 16.2. The van der Waals surface area contributed by atoms with Gasteiger partial charge >= 0.3 is 0 Å². The van der Waals surface area contributed by atoms with Gasteiger partial charge < -0.3 is 20.1 Å². The third kappa shape index (κ3) is 3.01. The number of aryl methyl sites for hydroxylation is 1. The van der Waals surface area contributed by atoms with Crippen molar-refractivity contribution in [1.29, 1.82) is 0 Å². The molecule has 1 aromatic heterocycles. The highest BCUT2D eigenvalue weighted by Gasteiger charge is 2.26. The van der Waals surface area contributed by atoms with E-state index in [1.807, 2.05) is 15.7 Å². The van der Waals surface area contributed by atoms with Crippen LogP contribution < -0.4 is 10.6 Å². The first-order chi connectivity index (χ1) is 10.1. The van der Waals surface area contributed by atoms with Crippen molar-refractivity contribution in [2.45, 2.75) is 38.8 Å². The van der Waals surface area contributed by atoms with E-state index in [2.05, 4.69) is 15.6 Å². The Hall–Kier alpha value is -2.05. The lowest BCUT2D eigenvalue weighted by molar-refractivity contribution is -0.119. The number of imidazole rings is 1. The highest BCUT2D eigenvalue weighted by Crippen LogP contribution is 2.18. The molecule has 2 aliphatic heterocycles. The van der Waals surface area contributed by atoms with E-state index in [4.69, 9.17) is 0 Å². The van der Waals surface area contributed by atoms with Crippen LogP contribution >= 0.6 is 0 Å². The number of amides is 2. The van der Waals surface area contributed by atoms with Crippen molar-refractivity contribution in [3.8, 4) is 0 Å². The van der Waals surface area contributed by atoms with Crippen LogP contribution in [0.3, 0.4) is 0 Å². The van der Waals surface area contributed by atoms with Crippen molar-refractivity contribution in [2.24, 2.45) is 0 Å². The fourth-order valence-electron chi connectivity index (χ4n) is 2.96. The van der Waals surface area contributed by atoms with Crippen molar-refractivity contribution < 1.29 is 9.59 Å². The summed E-state index contributed by atoms with van der Waals surface area (Å²) in [5.41, 5.74) is 0.511.